The van der Waals surface area contributed by atoms with Gasteiger partial charge in [-0.25, -0.2) is 0 Å². The number of benzene rings is 1. The summed E-state index contributed by atoms with van der Waals surface area (Å²) in [5.41, 5.74) is 9.09. The van der Waals surface area contributed by atoms with E-state index >= 15 is 0 Å². The first-order valence-corrected chi connectivity index (χ1v) is 6.50. The molecule has 0 spiro atoms. The first-order valence-electron chi connectivity index (χ1n) is 5.70. The molecule has 0 bridgehead atoms. The van der Waals surface area contributed by atoms with Crippen LogP contribution in [0.1, 0.15) is 23.1 Å². The molecule has 1 unspecified atom stereocenters. The van der Waals surface area contributed by atoms with Gasteiger partial charge in [-0.05, 0) is 40.5 Å². The van der Waals surface area contributed by atoms with Crippen LogP contribution in [0.25, 0.3) is 0 Å². The number of rotatable bonds is 3. The van der Waals surface area contributed by atoms with Gasteiger partial charge in [-0.3, -0.25) is 4.68 Å². The summed E-state index contributed by atoms with van der Waals surface area (Å²) < 4.78 is 2.75. The molecule has 1 aromatic carbocycles. The molecule has 3 N–H and O–H groups in total. The van der Waals surface area contributed by atoms with Crippen molar-refractivity contribution >= 4 is 21.6 Å². The van der Waals surface area contributed by atoms with Crippen molar-refractivity contribution in [1.29, 1.82) is 0 Å². The van der Waals surface area contributed by atoms with E-state index in [9.17, 15) is 5.11 Å². The van der Waals surface area contributed by atoms with Crippen molar-refractivity contribution in [3.63, 3.8) is 0 Å². The second-order valence-electron chi connectivity index (χ2n) is 4.36. The molecule has 1 heterocycles. The lowest BCUT2D eigenvalue weighted by Crippen LogP contribution is -2.07. The predicted octanol–water partition coefficient (Wildman–Crippen LogP) is 2.35. The number of aryl methyl sites for hydroxylation is 2. The van der Waals surface area contributed by atoms with Crippen LogP contribution in [-0.4, -0.2) is 14.9 Å². The second-order valence-corrected chi connectivity index (χ2v) is 5.15. The Morgan fingerprint density at radius 2 is 2.00 bits per heavy atom. The van der Waals surface area contributed by atoms with Gasteiger partial charge in [0, 0.05) is 19.2 Å². The van der Waals surface area contributed by atoms with Crippen LogP contribution in [0.15, 0.2) is 28.7 Å². The molecule has 18 heavy (non-hydrogen) atoms. The first-order chi connectivity index (χ1) is 8.49. The molecule has 0 saturated carbocycles. The number of nitrogens with two attached hydrogens (primary N) is 1. The van der Waals surface area contributed by atoms with Gasteiger partial charge in [0.25, 0.3) is 0 Å². The highest BCUT2D eigenvalue weighted by atomic mass is 79.9. The minimum Gasteiger partial charge on any atom is -0.399 e. The van der Waals surface area contributed by atoms with Crippen molar-refractivity contribution < 1.29 is 5.11 Å². The number of aromatic nitrogens is 2. The quantitative estimate of drug-likeness (QED) is 0.855. The summed E-state index contributed by atoms with van der Waals surface area (Å²) in [6.45, 7) is 1.93. The van der Waals surface area contributed by atoms with Gasteiger partial charge in [0.2, 0.25) is 0 Å². The molecule has 0 aliphatic rings. The Hall–Kier alpha value is -1.33. The molecule has 2 aromatic rings. The van der Waals surface area contributed by atoms with E-state index in [2.05, 4.69) is 21.0 Å². The standard InChI is InChI=1S/C13H16BrN3O/c1-8-13(14)11(17(2)16-8)7-12(18)9-3-5-10(15)6-4-9/h3-6,12,18H,7,15H2,1-2H3. The summed E-state index contributed by atoms with van der Waals surface area (Å²) in [7, 11) is 1.88. The zero-order chi connectivity index (χ0) is 13.3. The molecule has 0 radical (unpaired) electrons. The van der Waals surface area contributed by atoms with Crippen molar-refractivity contribution in [2.24, 2.45) is 7.05 Å². The topological polar surface area (TPSA) is 64.1 Å². The Labute approximate surface area is 115 Å². The van der Waals surface area contributed by atoms with E-state index in [4.69, 9.17) is 5.73 Å². The number of hydrogen-bond acceptors (Lipinski definition) is 3. The van der Waals surface area contributed by atoms with Gasteiger partial charge >= 0.3 is 0 Å². The lowest BCUT2D eigenvalue weighted by atomic mass is 10.0. The van der Waals surface area contributed by atoms with Crippen LogP contribution in [0.3, 0.4) is 0 Å². The predicted molar refractivity (Wildman–Crippen MR) is 75.2 cm³/mol. The van der Waals surface area contributed by atoms with E-state index in [0.717, 1.165) is 21.4 Å². The van der Waals surface area contributed by atoms with Gasteiger partial charge in [0.05, 0.1) is 22.0 Å². The molecular formula is C13H16BrN3O. The van der Waals surface area contributed by atoms with Gasteiger partial charge in [-0.15, -0.1) is 0 Å². The number of nitrogen functional groups attached to an aromatic ring is 1. The van der Waals surface area contributed by atoms with E-state index in [1.165, 1.54) is 0 Å². The molecule has 0 aliphatic heterocycles. The molecule has 0 aliphatic carbocycles. The third kappa shape index (κ3) is 2.57. The van der Waals surface area contributed by atoms with E-state index in [-0.39, 0.29) is 0 Å². The highest BCUT2D eigenvalue weighted by Crippen LogP contribution is 2.26. The average Bonchev–Trinajstić information content (AvgIpc) is 2.57. The summed E-state index contributed by atoms with van der Waals surface area (Å²) >= 11 is 3.50. The number of aliphatic hydroxyl groups is 1. The Morgan fingerprint density at radius 3 is 2.50 bits per heavy atom. The fourth-order valence-corrected chi connectivity index (χ4v) is 2.42. The number of nitrogens with zero attached hydrogens (tertiary/aromatic N) is 2. The molecule has 5 heteroatoms. The molecule has 1 aromatic heterocycles. The maximum Gasteiger partial charge on any atom is 0.0845 e. The molecular weight excluding hydrogens is 294 g/mol. The maximum atomic E-state index is 10.2. The van der Waals surface area contributed by atoms with E-state index in [0.29, 0.717) is 12.1 Å². The van der Waals surface area contributed by atoms with Crippen LogP contribution < -0.4 is 5.73 Å². The van der Waals surface area contributed by atoms with Gasteiger partial charge in [-0.1, -0.05) is 12.1 Å². The Morgan fingerprint density at radius 1 is 1.39 bits per heavy atom. The van der Waals surface area contributed by atoms with Crippen LogP contribution in [0.4, 0.5) is 5.69 Å². The lowest BCUT2D eigenvalue weighted by Gasteiger charge is -2.12. The fourth-order valence-electron chi connectivity index (χ4n) is 1.92. The average molecular weight is 310 g/mol. The van der Waals surface area contributed by atoms with Gasteiger partial charge < -0.3 is 10.8 Å². The largest absolute Gasteiger partial charge is 0.399 e. The van der Waals surface area contributed by atoms with Gasteiger partial charge in [-0.2, -0.15) is 5.10 Å². The van der Waals surface area contributed by atoms with Crippen molar-refractivity contribution in [1.82, 2.24) is 9.78 Å². The normalized spacial score (nSPS) is 12.7. The molecule has 1 atom stereocenters. The summed E-state index contributed by atoms with van der Waals surface area (Å²) in [6.07, 6.45) is -0.0429. The minimum absolute atomic E-state index is 0.516. The summed E-state index contributed by atoms with van der Waals surface area (Å²) in [5, 5.41) is 14.5. The highest BCUT2D eigenvalue weighted by molar-refractivity contribution is 9.10. The molecule has 0 fully saturated rings. The van der Waals surface area contributed by atoms with Crippen LogP contribution in [-0.2, 0) is 13.5 Å². The smallest absolute Gasteiger partial charge is 0.0845 e. The summed E-state index contributed by atoms with van der Waals surface area (Å²) in [6, 6.07) is 7.28. The molecule has 0 amide bonds. The SMILES string of the molecule is Cc1nn(C)c(CC(O)c2ccc(N)cc2)c1Br. The minimum atomic E-state index is -0.559. The lowest BCUT2D eigenvalue weighted by molar-refractivity contribution is 0.175. The molecule has 4 nitrogen and oxygen atoms in total. The first kappa shape index (κ1) is 13.1. The van der Waals surface area contributed by atoms with Crippen molar-refractivity contribution in [2.75, 3.05) is 5.73 Å². The fraction of sp³-hybridized carbons (Fsp3) is 0.308. The van der Waals surface area contributed by atoms with Crippen molar-refractivity contribution in [3.05, 3.63) is 45.7 Å². The van der Waals surface area contributed by atoms with Crippen LogP contribution in [0.2, 0.25) is 0 Å². The van der Waals surface area contributed by atoms with E-state index in [1.807, 2.05) is 26.1 Å². The van der Waals surface area contributed by atoms with Crippen LogP contribution in [0.5, 0.6) is 0 Å². The number of hydrogen-bond donors (Lipinski definition) is 2. The second kappa shape index (κ2) is 5.12. The molecule has 2 rings (SSSR count). The van der Waals surface area contributed by atoms with Gasteiger partial charge in [0.15, 0.2) is 0 Å². The van der Waals surface area contributed by atoms with Crippen molar-refractivity contribution in [3.8, 4) is 0 Å². The Bertz CT molecular complexity index is 548. The van der Waals surface area contributed by atoms with E-state index in [1.54, 1.807) is 16.8 Å². The number of anilines is 1. The summed E-state index contributed by atoms with van der Waals surface area (Å²) in [4.78, 5) is 0. The maximum absolute atomic E-state index is 10.2. The zero-order valence-electron chi connectivity index (χ0n) is 10.4. The Balaban J connectivity index is 2.21. The summed E-state index contributed by atoms with van der Waals surface area (Å²) in [5.74, 6) is 0. The van der Waals surface area contributed by atoms with E-state index < -0.39 is 6.10 Å². The Kier molecular flexibility index (Phi) is 3.73. The monoisotopic (exact) mass is 309 g/mol. The molecule has 0 saturated heterocycles. The van der Waals surface area contributed by atoms with Gasteiger partial charge in [0.1, 0.15) is 0 Å². The van der Waals surface area contributed by atoms with Crippen LogP contribution in [0, 0.1) is 6.92 Å². The third-order valence-electron chi connectivity index (χ3n) is 2.97. The number of aliphatic hydroxyl groups excluding tert-OH is 1. The molecule has 96 valence electrons. The zero-order valence-corrected chi connectivity index (χ0v) is 12.0. The third-order valence-corrected chi connectivity index (χ3v) is 4.00. The van der Waals surface area contributed by atoms with Crippen molar-refractivity contribution in [2.45, 2.75) is 19.4 Å². The van der Waals surface area contributed by atoms with Crippen LogP contribution >= 0.6 is 15.9 Å². The highest BCUT2D eigenvalue weighted by Gasteiger charge is 2.16. The number of halogens is 1.